The highest BCUT2D eigenvalue weighted by atomic mass is 16.4. The van der Waals surface area contributed by atoms with Crippen LogP contribution in [0.3, 0.4) is 0 Å². The summed E-state index contributed by atoms with van der Waals surface area (Å²) in [6.07, 6.45) is 3.98. The zero-order valence-corrected chi connectivity index (χ0v) is 24.8. The van der Waals surface area contributed by atoms with Crippen LogP contribution in [0.25, 0.3) is 10.9 Å². The maximum atomic E-state index is 13.5. The lowest BCUT2D eigenvalue weighted by atomic mass is 10.00. The molecule has 1 heterocycles. The molecule has 43 heavy (non-hydrogen) atoms. The van der Waals surface area contributed by atoms with Gasteiger partial charge in [0.1, 0.15) is 18.1 Å². The number of hydrogen-bond acceptors (Lipinski definition) is 6. The number of amides is 3. The Kier molecular flexibility index (Phi) is 12.7. The summed E-state index contributed by atoms with van der Waals surface area (Å²) in [7, 11) is 0. The number of carbonyl (C=O) groups is 4. The number of para-hydroxylation sites is 1. The minimum Gasteiger partial charge on any atom is -0.480 e. The first kappa shape index (κ1) is 33.3. The number of fused-ring (bicyclic) bond motifs is 1. The molecule has 4 unspecified atom stereocenters. The summed E-state index contributed by atoms with van der Waals surface area (Å²) in [5.74, 6) is -2.79. The fourth-order valence-electron chi connectivity index (χ4n) is 4.97. The van der Waals surface area contributed by atoms with Crippen molar-refractivity contribution < 1.29 is 24.3 Å². The Bertz CT molecular complexity index is 1360. The second-order valence-electron chi connectivity index (χ2n) is 11.3. The third-order valence-corrected chi connectivity index (χ3v) is 7.27. The van der Waals surface area contributed by atoms with Gasteiger partial charge in [0.2, 0.25) is 17.7 Å². The highest BCUT2D eigenvalue weighted by Crippen LogP contribution is 2.19. The monoisotopic (exact) mass is 592 g/mol. The number of nitrogens with one attached hydrogen (secondary N) is 4. The largest absolute Gasteiger partial charge is 0.480 e. The molecule has 3 amide bonds. The molecule has 0 aliphatic carbocycles. The molecular weight excluding hydrogens is 548 g/mol. The molecule has 0 spiro atoms. The maximum Gasteiger partial charge on any atom is 0.326 e. The van der Waals surface area contributed by atoms with E-state index in [4.69, 9.17) is 11.5 Å². The highest BCUT2D eigenvalue weighted by molar-refractivity contribution is 5.94. The molecule has 4 atom stereocenters. The molecule has 0 saturated carbocycles. The van der Waals surface area contributed by atoms with Crippen molar-refractivity contribution in [1.29, 1.82) is 0 Å². The van der Waals surface area contributed by atoms with E-state index in [0.717, 1.165) is 22.0 Å². The summed E-state index contributed by atoms with van der Waals surface area (Å²) >= 11 is 0. The summed E-state index contributed by atoms with van der Waals surface area (Å²) < 4.78 is 0. The third-order valence-electron chi connectivity index (χ3n) is 7.27. The lowest BCUT2D eigenvalue weighted by Crippen LogP contribution is -2.57. The van der Waals surface area contributed by atoms with Gasteiger partial charge in [0.25, 0.3) is 0 Å². The van der Waals surface area contributed by atoms with Crippen molar-refractivity contribution >= 4 is 34.6 Å². The lowest BCUT2D eigenvalue weighted by Gasteiger charge is -2.26. The number of H-pyrrole nitrogens is 1. The van der Waals surface area contributed by atoms with E-state index in [-0.39, 0.29) is 25.2 Å². The van der Waals surface area contributed by atoms with Crippen LogP contribution >= 0.6 is 0 Å². The van der Waals surface area contributed by atoms with Crippen molar-refractivity contribution in [1.82, 2.24) is 20.9 Å². The Morgan fingerprint density at radius 1 is 0.814 bits per heavy atom. The van der Waals surface area contributed by atoms with Crippen LogP contribution in [0.15, 0.2) is 60.8 Å². The summed E-state index contributed by atoms with van der Waals surface area (Å²) in [6, 6.07) is 12.7. The molecule has 0 radical (unpaired) electrons. The van der Waals surface area contributed by atoms with Crippen LogP contribution in [0.2, 0.25) is 0 Å². The summed E-state index contributed by atoms with van der Waals surface area (Å²) in [6.45, 7) is 4.23. The normalized spacial score (nSPS) is 14.1. The molecule has 9 N–H and O–H groups in total. The van der Waals surface area contributed by atoms with Gasteiger partial charge in [-0.05, 0) is 61.8 Å². The number of carboxylic acids is 1. The second-order valence-corrected chi connectivity index (χ2v) is 11.3. The summed E-state index contributed by atoms with van der Waals surface area (Å²) in [5.41, 5.74) is 14.5. The van der Waals surface area contributed by atoms with E-state index in [1.54, 1.807) is 24.3 Å². The standard InChI is InChI=1S/C32H44N6O5/c1-20(2)16-27(31(41)38-28(32(42)43)17-21-10-4-3-5-11-21)37-30(40)26(14-8-9-15-33)36-29(39)24(34)18-22-19-35-25-13-7-6-12-23(22)25/h3-7,10-13,19-20,24,26-28,35H,8-9,14-18,33-34H2,1-2H3,(H,36,39)(H,37,40)(H,38,41)(H,42,43). The Balaban J connectivity index is 1.70. The van der Waals surface area contributed by atoms with Crippen molar-refractivity contribution in [3.63, 3.8) is 0 Å². The van der Waals surface area contributed by atoms with Crippen LogP contribution < -0.4 is 27.4 Å². The van der Waals surface area contributed by atoms with Crippen LogP contribution in [0, 0.1) is 5.92 Å². The van der Waals surface area contributed by atoms with E-state index in [1.165, 1.54) is 0 Å². The third kappa shape index (κ3) is 10.2. The van der Waals surface area contributed by atoms with Gasteiger partial charge >= 0.3 is 5.97 Å². The van der Waals surface area contributed by atoms with E-state index in [9.17, 15) is 24.3 Å². The number of carbonyl (C=O) groups excluding carboxylic acids is 3. The second kappa shape index (κ2) is 16.4. The van der Waals surface area contributed by atoms with Crippen LogP contribution in [0.4, 0.5) is 0 Å². The molecule has 1 aromatic heterocycles. The van der Waals surface area contributed by atoms with E-state index in [2.05, 4.69) is 20.9 Å². The molecule has 11 nitrogen and oxygen atoms in total. The Labute approximate surface area is 252 Å². The molecule has 0 bridgehead atoms. The average Bonchev–Trinajstić information content (AvgIpc) is 3.38. The molecule has 11 heteroatoms. The number of aromatic nitrogens is 1. The minimum atomic E-state index is -1.18. The topological polar surface area (TPSA) is 192 Å². The van der Waals surface area contributed by atoms with Crippen molar-refractivity contribution in [3.05, 3.63) is 71.9 Å². The fourth-order valence-corrected chi connectivity index (χ4v) is 4.97. The van der Waals surface area contributed by atoms with Gasteiger partial charge < -0.3 is 37.5 Å². The predicted molar refractivity (Wildman–Crippen MR) is 166 cm³/mol. The molecule has 0 aliphatic heterocycles. The number of unbranched alkanes of at least 4 members (excludes halogenated alkanes) is 1. The SMILES string of the molecule is CC(C)CC(NC(=O)C(CCCCN)NC(=O)C(N)Cc1c[nH]c2ccccc12)C(=O)NC(Cc1ccccc1)C(=O)O. The average molecular weight is 593 g/mol. The van der Waals surface area contributed by atoms with E-state index >= 15 is 0 Å². The van der Waals surface area contributed by atoms with Crippen molar-refractivity contribution in [3.8, 4) is 0 Å². The summed E-state index contributed by atoms with van der Waals surface area (Å²) in [4.78, 5) is 55.1. The van der Waals surface area contributed by atoms with Gasteiger partial charge in [0.15, 0.2) is 0 Å². The van der Waals surface area contributed by atoms with Gasteiger partial charge in [-0.2, -0.15) is 0 Å². The molecule has 232 valence electrons. The Morgan fingerprint density at radius 3 is 2.12 bits per heavy atom. The van der Waals surface area contributed by atoms with E-state index < -0.39 is 47.9 Å². The number of benzene rings is 2. The molecule has 3 rings (SSSR count). The molecule has 3 aromatic rings. The molecule has 0 saturated heterocycles. The smallest absolute Gasteiger partial charge is 0.326 e. The van der Waals surface area contributed by atoms with Gasteiger partial charge in [0, 0.05) is 23.5 Å². The van der Waals surface area contributed by atoms with Gasteiger partial charge in [-0.15, -0.1) is 0 Å². The van der Waals surface area contributed by atoms with E-state index in [1.807, 2.05) is 50.4 Å². The van der Waals surface area contributed by atoms with E-state index in [0.29, 0.717) is 25.8 Å². The van der Waals surface area contributed by atoms with Crippen LogP contribution in [0.5, 0.6) is 0 Å². The molecule has 0 fully saturated rings. The Morgan fingerprint density at radius 2 is 1.44 bits per heavy atom. The van der Waals surface area contributed by atoms with Gasteiger partial charge in [-0.1, -0.05) is 62.4 Å². The van der Waals surface area contributed by atoms with Crippen molar-refractivity contribution in [2.24, 2.45) is 17.4 Å². The first-order chi connectivity index (χ1) is 20.6. The molecular formula is C32H44N6O5. The maximum absolute atomic E-state index is 13.5. The molecule has 2 aromatic carbocycles. The zero-order valence-electron chi connectivity index (χ0n) is 24.8. The first-order valence-corrected chi connectivity index (χ1v) is 14.8. The van der Waals surface area contributed by atoms with Crippen LogP contribution in [-0.2, 0) is 32.0 Å². The quantitative estimate of drug-likeness (QED) is 0.117. The van der Waals surface area contributed by atoms with Gasteiger partial charge in [-0.3, -0.25) is 14.4 Å². The summed E-state index contributed by atoms with van der Waals surface area (Å²) in [5, 5.41) is 18.9. The van der Waals surface area contributed by atoms with Crippen molar-refractivity contribution in [2.75, 3.05) is 6.54 Å². The fraction of sp³-hybridized carbons (Fsp3) is 0.438. The zero-order chi connectivity index (χ0) is 31.4. The van der Waals surface area contributed by atoms with Crippen LogP contribution in [0.1, 0.15) is 50.7 Å². The Hall–Kier alpha value is -4.22. The number of hydrogen-bond donors (Lipinski definition) is 7. The number of aliphatic carboxylic acids is 1. The van der Waals surface area contributed by atoms with Gasteiger partial charge in [0.05, 0.1) is 6.04 Å². The number of rotatable bonds is 17. The van der Waals surface area contributed by atoms with Crippen LogP contribution in [-0.4, -0.2) is 64.5 Å². The van der Waals surface area contributed by atoms with Crippen molar-refractivity contribution in [2.45, 2.75) is 76.5 Å². The highest BCUT2D eigenvalue weighted by Gasteiger charge is 2.31. The van der Waals surface area contributed by atoms with Gasteiger partial charge in [-0.25, -0.2) is 4.79 Å². The number of carboxylic acid groups (broad SMARTS) is 1. The number of aromatic amines is 1. The number of nitrogens with two attached hydrogens (primary N) is 2. The minimum absolute atomic E-state index is 0.0170. The molecule has 0 aliphatic rings. The predicted octanol–water partition coefficient (Wildman–Crippen LogP) is 1.99. The first-order valence-electron chi connectivity index (χ1n) is 14.8. The lowest BCUT2D eigenvalue weighted by molar-refractivity contribution is -0.142.